The molecule has 0 bridgehead atoms. The number of hydrogen-bond donors (Lipinski definition) is 2. The molecule has 4 heterocycles. The Balaban J connectivity index is 1.19. The molecule has 3 aromatic rings. The first-order valence-corrected chi connectivity index (χ1v) is 9.80. The zero-order valence-electron chi connectivity index (χ0n) is 16.4. The number of aryl methyl sites for hydroxylation is 1. The first kappa shape index (κ1) is 19.1. The average molecular weight is 395 g/mol. The molecule has 1 fully saturated rings. The van der Waals surface area contributed by atoms with E-state index >= 15 is 0 Å². The number of nitrogens with one attached hydrogen (secondary N) is 2. The van der Waals surface area contributed by atoms with Crippen molar-refractivity contribution in [1.29, 1.82) is 0 Å². The van der Waals surface area contributed by atoms with Crippen molar-refractivity contribution < 1.29 is 9.59 Å². The average Bonchev–Trinajstić information content (AvgIpc) is 3.33. The summed E-state index contributed by atoms with van der Waals surface area (Å²) >= 11 is 0. The van der Waals surface area contributed by atoms with Crippen molar-refractivity contribution >= 4 is 23.3 Å². The summed E-state index contributed by atoms with van der Waals surface area (Å²) in [6, 6.07) is 7.45. The number of nitrogens with zero attached hydrogens (tertiary/aromatic N) is 5. The molecule has 9 nitrogen and oxygen atoms in total. The zero-order valence-corrected chi connectivity index (χ0v) is 16.4. The Morgan fingerprint density at radius 1 is 1.17 bits per heavy atom. The second-order valence-electron chi connectivity index (χ2n) is 7.44. The predicted molar refractivity (Wildman–Crippen MR) is 109 cm³/mol. The van der Waals surface area contributed by atoms with E-state index in [1.807, 2.05) is 35.8 Å². The standard InChI is InChI=1S/C20H25N7O2/c1-25-9-7-17(24-25)23-19(28)14-26-10-5-15(6-11-26)12-21-20(29)16-13-27-8-3-2-4-18(27)22-16/h2-4,7-9,13,15H,5-6,10-12,14H2,1H3,(H,21,29)(H,23,24,28). The highest BCUT2D eigenvalue weighted by atomic mass is 16.2. The van der Waals surface area contributed by atoms with Gasteiger partial charge in [-0.2, -0.15) is 5.10 Å². The van der Waals surface area contributed by atoms with Crippen LogP contribution in [-0.4, -0.2) is 62.1 Å². The van der Waals surface area contributed by atoms with E-state index in [-0.39, 0.29) is 11.8 Å². The monoisotopic (exact) mass is 395 g/mol. The molecular weight excluding hydrogens is 370 g/mol. The van der Waals surface area contributed by atoms with Crippen LogP contribution in [0.5, 0.6) is 0 Å². The van der Waals surface area contributed by atoms with Gasteiger partial charge in [0.2, 0.25) is 5.91 Å². The van der Waals surface area contributed by atoms with Crippen molar-refractivity contribution in [3.63, 3.8) is 0 Å². The normalized spacial score (nSPS) is 15.5. The maximum atomic E-state index is 12.4. The summed E-state index contributed by atoms with van der Waals surface area (Å²) in [5, 5.41) is 9.96. The van der Waals surface area contributed by atoms with E-state index in [4.69, 9.17) is 0 Å². The molecule has 1 aliphatic heterocycles. The van der Waals surface area contributed by atoms with E-state index in [0.29, 0.717) is 30.5 Å². The van der Waals surface area contributed by atoms with Crippen molar-refractivity contribution in [3.05, 3.63) is 48.5 Å². The maximum Gasteiger partial charge on any atom is 0.271 e. The van der Waals surface area contributed by atoms with Crippen molar-refractivity contribution in [3.8, 4) is 0 Å². The van der Waals surface area contributed by atoms with Crippen molar-refractivity contribution in [1.82, 2.24) is 29.4 Å². The lowest BCUT2D eigenvalue weighted by Gasteiger charge is -2.31. The second kappa shape index (κ2) is 8.44. The Bertz CT molecular complexity index is 968. The molecular formula is C20H25N7O2. The fraction of sp³-hybridized carbons (Fsp3) is 0.400. The SMILES string of the molecule is Cn1ccc(NC(=O)CN2CCC(CNC(=O)c3cn4ccccc4n3)CC2)n1. The lowest BCUT2D eigenvalue weighted by Crippen LogP contribution is -2.42. The van der Waals surface area contributed by atoms with Gasteiger partial charge < -0.3 is 15.0 Å². The number of carbonyl (C=O) groups excluding carboxylic acids is 2. The van der Waals surface area contributed by atoms with Crippen LogP contribution < -0.4 is 10.6 Å². The van der Waals surface area contributed by atoms with Crippen molar-refractivity contribution in [2.24, 2.45) is 13.0 Å². The van der Waals surface area contributed by atoms with Gasteiger partial charge in [-0.05, 0) is 44.0 Å². The number of likely N-dealkylation sites (tertiary alicyclic amines) is 1. The lowest BCUT2D eigenvalue weighted by atomic mass is 9.97. The minimum atomic E-state index is -0.147. The molecule has 1 aliphatic rings. The first-order valence-electron chi connectivity index (χ1n) is 9.80. The molecule has 0 saturated carbocycles. The van der Waals surface area contributed by atoms with E-state index in [1.54, 1.807) is 23.1 Å². The van der Waals surface area contributed by atoms with Gasteiger partial charge >= 0.3 is 0 Å². The topological polar surface area (TPSA) is 96.6 Å². The van der Waals surface area contributed by atoms with Crippen LogP contribution >= 0.6 is 0 Å². The third kappa shape index (κ3) is 4.80. The van der Waals surface area contributed by atoms with Crippen molar-refractivity contribution in [2.75, 3.05) is 31.5 Å². The summed E-state index contributed by atoms with van der Waals surface area (Å²) in [6.07, 6.45) is 7.30. The number of anilines is 1. The number of piperidine rings is 1. The molecule has 0 atom stereocenters. The summed E-state index contributed by atoms with van der Waals surface area (Å²) in [5.41, 5.74) is 1.19. The minimum absolute atomic E-state index is 0.0534. The van der Waals surface area contributed by atoms with E-state index in [0.717, 1.165) is 31.6 Å². The molecule has 29 heavy (non-hydrogen) atoms. The second-order valence-corrected chi connectivity index (χ2v) is 7.44. The number of imidazole rings is 1. The highest BCUT2D eigenvalue weighted by Crippen LogP contribution is 2.16. The largest absolute Gasteiger partial charge is 0.350 e. The molecule has 0 radical (unpaired) electrons. The lowest BCUT2D eigenvalue weighted by molar-refractivity contribution is -0.117. The Morgan fingerprint density at radius 2 is 2.00 bits per heavy atom. The van der Waals surface area contributed by atoms with E-state index in [2.05, 4.69) is 25.6 Å². The summed E-state index contributed by atoms with van der Waals surface area (Å²) < 4.78 is 3.49. The van der Waals surface area contributed by atoms with E-state index < -0.39 is 0 Å². The Kier molecular flexibility index (Phi) is 5.57. The van der Waals surface area contributed by atoms with Gasteiger partial charge in [-0.3, -0.25) is 19.2 Å². The van der Waals surface area contributed by atoms with Crippen molar-refractivity contribution in [2.45, 2.75) is 12.8 Å². The fourth-order valence-electron chi connectivity index (χ4n) is 3.59. The zero-order chi connectivity index (χ0) is 20.2. The Labute approximate surface area is 168 Å². The van der Waals surface area contributed by atoms with Gasteiger partial charge in [0.1, 0.15) is 11.3 Å². The van der Waals surface area contributed by atoms with Gasteiger partial charge in [0.15, 0.2) is 5.82 Å². The van der Waals surface area contributed by atoms with Crippen LogP contribution in [-0.2, 0) is 11.8 Å². The first-order chi connectivity index (χ1) is 14.1. The number of rotatable bonds is 6. The van der Waals surface area contributed by atoms with E-state index in [1.165, 1.54) is 0 Å². The predicted octanol–water partition coefficient (Wildman–Crippen LogP) is 1.15. The highest BCUT2D eigenvalue weighted by Gasteiger charge is 2.22. The number of hydrogen-bond acceptors (Lipinski definition) is 5. The van der Waals surface area contributed by atoms with Crippen LogP contribution in [0.2, 0.25) is 0 Å². The molecule has 0 aromatic carbocycles. The van der Waals surface area contributed by atoms with Gasteiger partial charge in [0.25, 0.3) is 5.91 Å². The molecule has 9 heteroatoms. The van der Waals surface area contributed by atoms with Crippen LogP contribution in [0, 0.1) is 5.92 Å². The van der Waals surface area contributed by atoms with Crippen LogP contribution in [0.4, 0.5) is 5.82 Å². The number of carbonyl (C=O) groups is 2. The molecule has 2 N–H and O–H groups in total. The Morgan fingerprint density at radius 3 is 2.72 bits per heavy atom. The molecule has 1 saturated heterocycles. The van der Waals surface area contributed by atoms with Crippen LogP contribution in [0.1, 0.15) is 23.3 Å². The number of pyridine rings is 1. The van der Waals surface area contributed by atoms with Crippen LogP contribution in [0.15, 0.2) is 42.9 Å². The molecule has 2 amide bonds. The van der Waals surface area contributed by atoms with Gasteiger partial charge in [-0.25, -0.2) is 4.98 Å². The maximum absolute atomic E-state index is 12.4. The number of fused-ring (bicyclic) bond motifs is 1. The quantitative estimate of drug-likeness (QED) is 0.653. The smallest absolute Gasteiger partial charge is 0.271 e. The molecule has 0 spiro atoms. The summed E-state index contributed by atoms with van der Waals surface area (Å²) in [6.45, 7) is 2.66. The van der Waals surface area contributed by atoms with Gasteiger partial charge in [0, 0.05) is 38.2 Å². The van der Waals surface area contributed by atoms with Crippen LogP contribution in [0.25, 0.3) is 5.65 Å². The highest BCUT2D eigenvalue weighted by molar-refractivity contribution is 5.93. The van der Waals surface area contributed by atoms with Gasteiger partial charge in [-0.1, -0.05) is 6.07 Å². The summed E-state index contributed by atoms with van der Waals surface area (Å²) in [4.78, 5) is 31.0. The molecule has 3 aromatic heterocycles. The van der Waals surface area contributed by atoms with Gasteiger partial charge in [-0.15, -0.1) is 0 Å². The summed E-state index contributed by atoms with van der Waals surface area (Å²) in [5.74, 6) is 0.779. The molecule has 0 aliphatic carbocycles. The van der Waals surface area contributed by atoms with Crippen LogP contribution in [0.3, 0.4) is 0 Å². The minimum Gasteiger partial charge on any atom is -0.350 e. The van der Waals surface area contributed by atoms with E-state index in [9.17, 15) is 9.59 Å². The summed E-state index contributed by atoms with van der Waals surface area (Å²) in [7, 11) is 1.81. The number of aromatic nitrogens is 4. The fourth-order valence-corrected chi connectivity index (χ4v) is 3.59. The third-order valence-corrected chi connectivity index (χ3v) is 5.20. The van der Waals surface area contributed by atoms with Gasteiger partial charge in [0.05, 0.1) is 6.54 Å². The Hall–Kier alpha value is -3.20. The molecule has 4 rings (SSSR count). The third-order valence-electron chi connectivity index (χ3n) is 5.20. The number of amides is 2. The molecule has 152 valence electrons. The molecule has 0 unspecified atom stereocenters.